The van der Waals surface area contributed by atoms with Crippen molar-refractivity contribution in [3.05, 3.63) is 23.9 Å². The predicted molar refractivity (Wildman–Crippen MR) is 133 cm³/mol. The number of ether oxygens (including phenoxy) is 2. The molecule has 9 nitrogen and oxygen atoms in total. The molecule has 0 bridgehead atoms. The molecule has 2 N–H and O–H groups in total. The summed E-state index contributed by atoms with van der Waals surface area (Å²) in [5, 5.41) is 6.24. The summed E-state index contributed by atoms with van der Waals surface area (Å²) in [6.45, 7) is 11.0. The van der Waals surface area contributed by atoms with Crippen molar-refractivity contribution in [1.82, 2.24) is 25.4 Å². The summed E-state index contributed by atoms with van der Waals surface area (Å²) >= 11 is 0. The Morgan fingerprint density at radius 3 is 2.55 bits per heavy atom. The first-order valence-corrected chi connectivity index (χ1v) is 10.7. The van der Waals surface area contributed by atoms with Gasteiger partial charge < -0.3 is 25.0 Å². The summed E-state index contributed by atoms with van der Waals surface area (Å²) in [5.74, 6) is 1.59. The lowest BCUT2D eigenvalue weighted by Gasteiger charge is -2.36. The normalized spacial score (nSPS) is 14.7. The number of hydrogen-bond acceptors (Lipinski definition) is 6. The minimum absolute atomic E-state index is 0. The number of carbonyl (C=O) groups excluding carboxylic acids is 1. The summed E-state index contributed by atoms with van der Waals surface area (Å²) in [5.41, 5.74) is 1.04. The number of nitrogens with one attached hydrogen (secondary N) is 2. The van der Waals surface area contributed by atoms with Gasteiger partial charge in [0.25, 0.3) is 0 Å². The number of aromatic nitrogens is 1. The standard InChI is InChI=1S/C21H36N6O3.HI/c1-4-13-30-20-7-6-18(15-24-20)16-25-21(22-5-2)27-11-9-26(10-12-27)17-19(28)23-8-14-29-3;/h6-7,15H,4-5,8-14,16-17H2,1-3H3,(H,22,25)(H,23,28);1H. The van der Waals surface area contributed by atoms with Crippen molar-refractivity contribution < 1.29 is 14.3 Å². The molecule has 0 unspecified atom stereocenters. The fraction of sp³-hybridized carbons (Fsp3) is 0.667. The average molecular weight is 548 g/mol. The van der Waals surface area contributed by atoms with E-state index in [9.17, 15) is 4.79 Å². The summed E-state index contributed by atoms with van der Waals surface area (Å²) in [6, 6.07) is 3.90. The minimum Gasteiger partial charge on any atom is -0.478 e. The smallest absolute Gasteiger partial charge is 0.234 e. The molecule has 0 aliphatic carbocycles. The second-order valence-corrected chi connectivity index (χ2v) is 7.13. The molecule has 1 aliphatic rings. The van der Waals surface area contributed by atoms with Crippen LogP contribution >= 0.6 is 24.0 Å². The highest BCUT2D eigenvalue weighted by Crippen LogP contribution is 2.09. The Kier molecular flexibility index (Phi) is 14.2. The van der Waals surface area contributed by atoms with Crippen LogP contribution in [0.2, 0.25) is 0 Å². The van der Waals surface area contributed by atoms with Crippen molar-refractivity contribution in [2.24, 2.45) is 4.99 Å². The quantitative estimate of drug-likeness (QED) is 0.187. The zero-order valence-corrected chi connectivity index (χ0v) is 21.3. The Labute approximate surface area is 203 Å². The van der Waals surface area contributed by atoms with Gasteiger partial charge in [-0.25, -0.2) is 9.98 Å². The van der Waals surface area contributed by atoms with Gasteiger partial charge in [-0.1, -0.05) is 13.0 Å². The highest BCUT2D eigenvalue weighted by molar-refractivity contribution is 14.0. The van der Waals surface area contributed by atoms with Gasteiger partial charge in [-0.05, 0) is 18.9 Å². The van der Waals surface area contributed by atoms with E-state index in [1.807, 2.05) is 18.3 Å². The van der Waals surface area contributed by atoms with Crippen molar-refractivity contribution in [2.75, 3.05) is 66.1 Å². The van der Waals surface area contributed by atoms with Gasteiger partial charge in [0, 0.05) is 58.6 Å². The van der Waals surface area contributed by atoms with E-state index in [4.69, 9.17) is 14.5 Å². The van der Waals surface area contributed by atoms with Gasteiger partial charge in [0.15, 0.2) is 5.96 Å². The molecule has 0 atom stereocenters. The third-order valence-electron chi connectivity index (χ3n) is 4.67. The second kappa shape index (κ2) is 16.0. The first-order valence-electron chi connectivity index (χ1n) is 10.7. The third-order valence-corrected chi connectivity index (χ3v) is 4.67. The van der Waals surface area contributed by atoms with E-state index in [0.29, 0.717) is 38.7 Å². The van der Waals surface area contributed by atoms with E-state index in [1.54, 1.807) is 7.11 Å². The Balaban J connectivity index is 0.00000480. The van der Waals surface area contributed by atoms with Gasteiger partial charge in [-0.2, -0.15) is 0 Å². The highest BCUT2D eigenvalue weighted by atomic mass is 127. The molecule has 1 aliphatic heterocycles. The number of methoxy groups -OCH3 is 1. The molecule has 2 rings (SSSR count). The molecule has 1 aromatic rings. The molecule has 0 aromatic carbocycles. The molecule has 0 spiro atoms. The topological polar surface area (TPSA) is 91.3 Å². The zero-order chi connectivity index (χ0) is 21.6. The predicted octanol–water partition coefficient (Wildman–Crippen LogP) is 1.33. The maximum Gasteiger partial charge on any atom is 0.234 e. The maximum atomic E-state index is 12.0. The van der Waals surface area contributed by atoms with Crippen LogP contribution in [-0.4, -0.2) is 92.8 Å². The first-order chi connectivity index (χ1) is 14.7. The lowest BCUT2D eigenvalue weighted by atomic mass is 10.3. The third kappa shape index (κ3) is 10.5. The van der Waals surface area contributed by atoms with E-state index in [1.165, 1.54) is 0 Å². The Morgan fingerprint density at radius 1 is 1.16 bits per heavy atom. The number of pyridine rings is 1. The van der Waals surface area contributed by atoms with E-state index >= 15 is 0 Å². The van der Waals surface area contributed by atoms with Crippen molar-refractivity contribution >= 4 is 35.8 Å². The van der Waals surface area contributed by atoms with Crippen LogP contribution in [0.1, 0.15) is 25.8 Å². The molecule has 10 heteroatoms. The molecule has 0 saturated carbocycles. The van der Waals surface area contributed by atoms with Gasteiger partial charge in [-0.15, -0.1) is 24.0 Å². The molecule has 1 aromatic heterocycles. The number of hydrogen-bond donors (Lipinski definition) is 2. The molecule has 1 amide bonds. The van der Waals surface area contributed by atoms with E-state index in [0.717, 1.165) is 50.7 Å². The number of halogens is 1. The van der Waals surface area contributed by atoms with Crippen LogP contribution in [0.4, 0.5) is 0 Å². The number of amides is 1. The van der Waals surface area contributed by atoms with Crippen LogP contribution in [0, 0.1) is 0 Å². The molecule has 0 radical (unpaired) electrons. The van der Waals surface area contributed by atoms with Gasteiger partial charge in [0.1, 0.15) is 0 Å². The largest absolute Gasteiger partial charge is 0.478 e. The van der Waals surface area contributed by atoms with Crippen LogP contribution in [0.15, 0.2) is 23.3 Å². The molecular formula is C21H37IN6O3. The summed E-state index contributed by atoms with van der Waals surface area (Å²) in [7, 11) is 1.63. The SMILES string of the molecule is CCCOc1ccc(CN=C(NCC)N2CCN(CC(=O)NCCOC)CC2)cn1.I. The first kappa shape index (κ1) is 27.4. The van der Waals surface area contributed by atoms with Crippen LogP contribution in [0.3, 0.4) is 0 Å². The van der Waals surface area contributed by atoms with Crippen molar-refractivity contribution in [3.63, 3.8) is 0 Å². The van der Waals surface area contributed by atoms with Crippen LogP contribution < -0.4 is 15.4 Å². The van der Waals surface area contributed by atoms with Crippen LogP contribution in [-0.2, 0) is 16.1 Å². The number of rotatable bonds is 11. The second-order valence-electron chi connectivity index (χ2n) is 7.13. The van der Waals surface area contributed by atoms with Gasteiger partial charge in [-0.3, -0.25) is 9.69 Å². The molecule has 31 heavy (non-hydrogen) atoms. The minimum atomic E-state index is 0. The lowest BCUT2D eigenvalue weighted by molar-refractivity contribution is -0.122. The number of nitrogens with zero attached hydrogens (tertiary/aromatic N) is 4. The zero-order valence-electron chi connectivity index (χ0n) is 18.9. The van der Waals surface area contributed by atoms with E-state index < -0.39 is 0 Å². The lowest BCUT2D eigenvalue weighted by Crippen LogP contribution is -2.54. The number of carbonyl (C=O) groups is 1. The Hall–Kier alpha value is -1.66. The number of guanidine groups is 1. The summed E-state index contributed by atoms with van der Waals surface area (Å²) in [4.78, 5) is 25.5. The average Bonchev–Trinajstić information content (AvgIpc) is 2.77. The van der Waals surface area contributed by atoms with Crippen LogP contribution in [0.5, 0.6) is 5.88 Å². The molecule has 1 saturated heterocycles. The fourth-order valence-corrected chi connectivity index (χ4v) is 3.06. The molecule has 176 valence electrons. The molecule has 2 heterocycles. The Morgan fingerprint density at radius 2 is 1.94 bits per heavy atom. The number of piperazine rings is 1. The number of aliphatic imine (C=N–C) groups is 1. The Bertz CT molecular complexity index is 651. The van der Waals surface area contributed by atoms with E-state index in [2.05, 4.69) is 39.3 Å². The monoisotopic (exact) mass is 548 g/mol. The molecular weight excluding hydrogens is 511 g/mol. The van der Waals surface area contributed by atoms with Crippen molar-refractivity contribution in [3.8, 4) is 5.88 Å². The van der Waals surface area contributed by atoms with E-state index in [-0.39, 0.29) is 29.9 Å². The van der Waals surface area contributed by atoms with Crippen LogP contribution in [0.25, 0.3) is 0 Å². The maximum absolute atomic E-state index is 12.0. The van der Waals surface area contributed by atoms with Gasteiger partial charge in [0.05, 0.1) is 26.3 Å². The molecule has 1 fully saturated rings. The highest BCUT2D eigenvalue weighted by Gasteiger charge is 2.21. The van der Waals surface area contributed by atoms with Crippen molar-refractivity contribution in [2.45, 2.75) is 26.8 Å². The summed E-state index contributed by atoms with van der Waals surface area (Å²) < 4.78 is 10.5. The van der Waals surface area contributed by atoms with Crippen molar-refractivity contribution in [1.29, 1.82) is 0 Å². The summed E-state index contributed by atoms with van der Waals surface area (Å²) in [6.07, 6.45) is 2.78. The fourth-order valence-electron chi connectivity index (χ4n) is 3.06. The van der Waals surface area contributed by atoms with Gasteiger partial charge in [0.2, 0.25) is 11.8 Å². The van der Waals surface area contributed by atoms with Gasteiger partial charge >= 0.3 is 0 Å².